The molecule has 0 unspecified atom stereocenters. The maximum absolute atomic E-state index is 12.9. The molecule has 4 rings (SSSR count). The monoisotopic (exact) mass is 436 g/mol. The lowest BCUT2D eigenvalue weighted by Gasteiger charge is -2.28. The Bertz CT molecular complexity index is 1160. The van der Waals surface area contributed by atoms with E-state index in [1.54, 1.807) is 30.3 Å². The largest absolute Gasteiger partial charge is 0.448 e. The van der Waals surface area contributed by atoms with Crippen LogP contribution in [0.25, 0.3) is 0 Å². The summed E-state index contributed by atoms with van der Waals surface area (Å²) in [5, 5.41) is 0. The fourth-order valence-electron chi connectivity index (χ4n) is 3.58. The minimum Gasteiger partial charge on any atom is -0.448 e. The van der Waals surface area contributed by atoms with Crippen molar-refractivity contribution in [3.8, 4) is 0 Å². The molecule has 0 amide bonds. The van der Waals surface area contributed by atoms with Crippen molar-refractivity contribution in [1.82, 2.24) is 0 Å². The second kappa shape index (κ2) is 11.0. The van der Waals surface area contributed by atoms with E-state index in [2.05, 4.69) is 0 Å². The fraction of sp³-hybridized carbons (Fsp3) is 0.103. The van der Waals surface area contributed by atoms with Gasteiger partial charge in [0.1, 0.15) is 6.10 Å². The zero-order chi connectivity index (χ0) is 22.9. The zero-order valence-electron chi connectivity index (χ0n) is 18.0. The highest BCUT2D eigenvalue weighted by Crippen LogP contribution is 2.36. The van der Waals surface area contributed by atoms with E-state index in [0.29, 0.717) is 6.61 Å². The number of Topliss-reactive ketones (excluding diaryl/α,β-unsaturated/α-hetero) is 1. The average Bonchev–Trinajstić information content (AvgIpc) is 2.90. The van der Waals surface area contributed by atoms with Crippen LogP contribution >= 0.6 is 0 Å². The van der Waals surface area contributed by atoms with E-state index in [1.165, 1.54) is 0 Å². The van der Waals surface area contributed by atoms with Crippen molar-refractivity contribution >= 4 is 11.8 Å². The van der Waals surface area contributed by atoms with Gasteiger partial charge in [0.25, 0.3) is 5.78 Å². The quantitative estimate of drug-likeness (QED) is 0.180. The van der Waals surface area contributed by atoms with E-state index in [-0.39, 0.29) is 5.56 Å². The Morgan fingerprint density at radius 1 is 0.576 bits per heavy atom. The van der Waals surface area contributed by atoms with Crippen LogP contribution in [-0.4, -0.2) is 11.8 Å². The Kier molecular flexibility index (Phi) is 7.41. The van der Waals surface area contributed by atoms with Gasteiger partial charge in [-0.2, -0.15) is 0 Å². The molecule has 164 valence electrons. The van der Waals surface area contributed by atoms with Crippen molar-refractivity contribution in [2.75, 3.05) is 0 Å². The molecule has 2 atom stereocenters. The molecule has 33 heavy (non-hydrogen) atoms. The summed E-state index contributed by atoms with van der Waals surface area (Å²) in [4.78, 5) is 25.6. The molecular formula is C29H24O4. The lowest BCUT2D eigenvalue weighted by molar-refractivity contribution is -0.154. The lowest BCUT2D eigenvalue weighted by Crippen LogP contribution is -2.25. The van der Waals surface area contributed by atoms with Gasteiger partial charge < -0.3 is 9.47 Å². The fourth-order valence-corrected chi connectivity index (χ4v) is 3.58. The van der Waals surface area contributed by atoms with Crippen LogP contribution in [0.15, 0.2) is 121 Å². The van der Waals surface area contributed by atoms with E-state index >= 15 is 0 Å². The Morgan fingerprint density at radius 3 is 1.58 bits per heavy atom. The molecule has 0 radical (unpaired) electrons. The number of carbonyl (C=O) groups is 2. The third-order valence-electron chi connectivity index (χ3n) is 5.26. The van der Waals surface area contributed by atoms with Crippen molar-refractivity contribution in [1.29, 1.82) is 0 Å². The first-order valence-electron chi connectivity index (χ1n) is 10.8. The topological polar surface area (TPSA) is 52.6 Å². The van der Waals surface area contributed by atoms with Gasteiger partial charge in [0.05, 0.1) is 6.61 Å². The molecule has 0 N–H and O–H groups in total. The number of carbonyl (C=O) groups excluding carboxylic acids is 2. The predicted octanol–water partition coefficient (Wildman–Crippen LogP) is 6.11. The Balaban J connectivity index is 1.66. The first kappa shape index (κ1) is 22.2. The van der Waals surface area contributed by atoms with E-state index in [4.69, 9.17) is 9.47 Å². The van der Waals surface area contributed by atoms with Crippen LogP contribution in [-0.2, 0) is 20.9 Å². The molecule has 4 aromatic carbocycles. The molecule has 0 aliphatic heterocycles. The number of ether oxygens (including phenoxy) is 2. The first-order chi connectivity index (χ1) is 16.2. The number of esters is 1. The summed E-state index contributed by atoms with van der Waals surface area (Å²) in [6.45, 7) is 0.327. The molecule has 0 fully saturated rings. The standard InChI is InChI=1S/C29H24O4/c30-26(23-15-7-2-8-16-23)29(31)33-28(25-19-11-4-12-20-25)27(24-17-9-3-10-18-24)32-21-22-13-5-1-6-14-22/h1-20,27-28H,21H2/t27-,28-/m1/s1. The van der Waals surface area contributed by atoms with Crippen molar-refractivity contribution in [2.45, 2.75) is 18.8 Å². The van der Waals surface area contributed by atoms with E-state index in [1.807, 2.05) is 91.0 Å². The van der Waals surface area contributed by atoms with Gasteiger partial charge in [-0.25, -0.2) is 4.79 Å². The van der Waals surface area contributed by atoms with Gasteiger partial charge in [-0.3, -0.25) is 4.79 Å². The van der Waals surface area contributed by atoms with Gasteiger partial charge in [0.2, 0.25) is 0 Å². The van der Waals surface area contributed by atoms with Gasteiger partial charge in [-0.05, 0) is 16.7 Å². The predicted molar refractivity (Wildman–Crippen MR) is 126 cm³/mol. The highest BCUT2D eigenvalue weighted by atomic mass is 16.6. The molecule has 0 bridgehead atoms. The summed E-state index contributed by atoms with van der Waals surface area (Å²) in [5.74, 6) is -1.61. The average molecular weight is 437 g/mol. The van der Waals surface area contributed by atoms with Crippen LogP contribution in [0.3, 0.4) is 0 Å². The molecular weight excluding hydrogens is 412 g/mol. The van der Waals surface area contributed by atoms with Crippen LogP contribution in [0.1, 0.15) is 39.3 Å². The van der Waals surface area contributed by atoms with Gasteiger partial charge >= 0.3 is 5.97 Å². The minimum atomic E-state index is -0.917. The highest BCUT2D eigenvalue weighted by Gasteiger charge is 2.32. The first-order valence-corrected chi connectivity index (χ1v) is 10.8. The smallest absolute Gasteiger partial charge is 0.380 e. The maximum atomic E-state index is 12.9. The summed E-state index contributed by atoms with van der Waals surface area (Å²) in [7, 11) is 0. The number of benzene rings is 4. The SMILES string of the molecule is O=C(O[C@H](c1ccccc1)[C@H](OCc1ccccc1)c1ccccc1)C(=O)c1ccccc1. The molecule has 0 heterocycles. The Labute approximate surface area is 193 Å². The van der Waals surface area contributed by atoms with Gasteiger partial charge in [-0.15, -0.1) is 0 Å². The van der Waals surface area contributed by atoms with Crippen LogP contribution in [0.4, 0.5) is 0 Å². The van der Waals surface area contributed by atoms with Crippen LogP contribution in [0.5, 0.6) is 0 Å². The molecule has 0 spiro atoms. The van der Waals surface area contributed by atoms with E-state index in [9.17, 15) is 9.59 Å². The summed E-state index contributed by atoms with van der Waals surface area (Å²) in [5.41, 5.74) is 2.88. The van der Waals surface area contributed by atoms with E-state index < -0.39 is 24.0 Å². The van der Waals surface area contributed by atoms with Gasteiger partial charge in [0.15, 0.2) is 6.10 Å². The molecule has 0 aliphatic rings. The number of hydrogen-bond donors (Lipinski definition) is 0. The molecule has 0 saturated carbocycles. The number of ketones is 1. The molecule has 4 heteroatoms. The highest BCUT2D eigenvalue weighted by molar-refractivity contribution is 6.40. The summed E-state index contributed by atoms with van der Waals surface area (Å²) < 4.78 is 12.2. The summed E-state index contributed by atoms with van der Waals surface area (Å²) >= 11 is 0. The van der Waals surface area contributed by atoms with Crippen molar-refractivity contribution in [3.05, 3.63) is 144 Å². The van der Waals surface area contributed by atoms with Crippen molar-refractivity contribution < 1.29 is 19.1 Å². The van der Waals surface area contributed by atoms with Crippen molar-refractivity contribution in [2.24, 2.45) is 0 Å². The minimum absolute atomic E-state index is 0.288. The molecule has 0 aromatic heterocycles. The maximum Gasteiger partial charge on any atom is 0.380 e. The third kappa shape index (κ3) is 5.82. The van der Waals surface area contributed by atoms with Crippen LogP contribution in [0, 0.1) is 0 Å². The second-order valence-electron chi connectivity index (χ2n) is 7.56. The Morgan fingerprint density at radius 2 is 1.03 bits per heavy atom. The Hall–Kier alpha value is -4.02. The van der Waals surface area contributed by atoms with Gasteiger partial charge in [0, 0.05) is 5.56 Å². The zero-order valence-corrected chi connectivity index (χ0v) is 18.0. The van der Waals surface area contributed by atoms with E-state index in [0.717, 1.165) is 16.7 Å². The second-order valence-corrected chi connectivity index (χ2v) is 7.56. The third-order valence-corrected chi connectivity index (χ3v) is 5.26. The molecule has 4 nitrogen and oxygen atoms in total. The normalized spacial score (nSPS) is 12.5. The summed E-state index contributed by atoms with van der Waals surface area (Å²) in [6.07, 6.45) is -1.42. The number of rotatable bonds is 9. The van der Waals surface area contributed by atoms with Crippen LogP contribution < -0.4 is 0 Å². The lowest BCUT2D eigenvalue weighted by atomic mass is 9.97. The molecule has 0 aliphatic carbocycles. The number of hydrogen-bond acceptors (Lipinski definition) is 4. The summed E-state index contributed by atoms with van der Waals surface area (Å²) in [6, 6.07) is 37.2. The molecule has 4 aromatic rings. The van der Waals surface area contributed by atoms with Crippen LogP contribution in [0.2, 0.25) is 0 Å². The molecule has 0 saturated heterocycles. The van der Waals surface area contributed by atoms with Crippen molar-refractivity contribution in [3.63, 3.8) is 0 Å². The van der Waals surface area contributed by atoms with Gasteiger partial charge in [-0.1, -0.05) is 121 Å².